The van der Waals surface area contributed by atoms with Crippen LogP contribution in [0.5, 0.6) is 0 Å². The molecule has 7 heteroatoms. The summed E-state index contributed by atoms with van der Waals surface area (Å²) in [5.74, 6) is 0.419. The molecule has 2 rings (SSSR count). The van der Waals surface area contributed by atoms with Crippen molar-refractivity contribution in [1.82, 2.24) is 19.9 Å². The molecule has 116 valence electrons. The Balaban J connectivity index is 1.86. The van der Waals surface area contributed by atoms with Crippen LogP contribution in [0.2, 0.25) is 0 Å². The monoisotopic (exact) mass is 300 g/mol. The van der Waals surface area contributed by atoms with Gasteiger partial charge in [0.25, 0.3) is 5.91 Å². The zero-order chi connectivity index (χ0) is 15.9. The molecule has 2 heterocycles. The minimum atomic E-state index is -0.165. The van der Waals surface area contributed by atoms with Crippen LogP contribution < -0.4 is 10.6 Å². The zero-order valence-corrected chi connectivity index (χ0v) is 13.0. The first-order valence-electron chi connectivity index (χ1n) is 7.00. The Kier molecular flexibility index (Phi) is 5.24. The third kappa shape index (κ3) is 4.15. The van der Waals surface area contributed by atoms with E-state index in [9.17, 15) is 4.79 Å². The van der Waals surface area contributed by atoms with Crippen molar-refractivity contribution in [3.05, 3.63) is 42.1 Å². The van der Waals surface area contributed by atoms with E-state index in [1.54, 1.807) is 26.5 Å². The second-order valence-electron chi connectivity index (χ2n) is 5.03. The molecule has 0 saturated heterocycles. The SMILES string of the molecule is Cc1cnccc1NCCNc1cncc(C(=O)N(C)C)n1. The van der Waals surface area contributed by atoms with E-state index < -0.39 is 0 Å². The number of hydrogen-bond donors (Lipinski definition) is 2. The average molecular weight is 300 g/mol. The summed E-state index contributed by atoms with van der Waals surface area (Å²) in [6, 6.07) is 1.94. The molecule has 0 saturated carbocycles. The molecule has 7 nitrogen and oxygen atoms in total. The van der Waals surface area contributed by atoms with E-state index in [0.717, 1.165) is 17.8 Å². The maximum Gasteiger partial charge on any atom is 0.273 e. The van der Waals surface area contributed by atoms with Gasteiger partial charge in [-0.05, 0) is 18.6 Å². The van der Waals surface area contributed by atoms with Gasteiger partial charge >= 0.3 is 0 Å². The van der Waals surface area contributed by atoms with Gasteiger partial charge in [-0.3, -0.25) is 14.8 Å². The summed E-state index contributed by atoms with van der Waals surface area (Å²) >= 11 is 0. The minimum Gasteiger partial charge on any atom is -0.383 e. The summed E-state index contributed by atoms with van der Waals surface area (Å²) < 4.78 is 0. The van der Waals surface area contributed by atoms with Gasteiger partial charge in [0.2, 0.25) is 0 Å². The predicted molar refractivity (Wildman–Crippen MR) is 86.0 cm³/mol. The summed E-state index contributed by atoms with van der Waals surface area (Å²) in [5, 5.41) is 6.46. The van der Waals surface area contributed by atoms with Crippen LogP contribution in [-0.4, -0.2) is 52.9 Å². The third-order valence-corrected chi connectivity index (χ3v) is 3.03. The average Bonchev–Trinajstić information content (AvgIpc) is 2.52. The molecule has 0 aliphatic rings. The molecular formula is C15H20N6O. The molecule has 0 aliphatic carbocycles. The minimum absolute atomic E-state index is 0.165. The van der Waals surface area contributed by atoms with Crippen LogP contribution in [0.1, 0.15) is 16.1 Å². The number of amides is 1. The van der Waals surface area contributed by atoms with Crippen molar-refractivity contribution in [2.75, 3.05) is 37.8 Å². The first kappa shape index (κ1) is 15.7. The molecule has 0 fully saturated rings. The molecule has 22 heavy (non-hydrogen) atoms. The molecule has 2 N–H and O–H groups in total. The molecule has 0 aliphatic heterocycles. The van der Waals surface area contributed by atoms with Gasteiger partial charge in [-0.25, -0.2) is 4.98 Å². The van der Waals surface area contributed by atoms with E-state index in [-0.39, 0.29) is 5.91 Å². The van der Waals surface area contributed by atoms with Crippen molar-refractivity contribution in [2.24, 2.45) is 0 Å². The van der Waals surface area contributed by atoms with Gasteiger partial charge in [0.05, 0.1) is 12.4 Å². The largest absolute Gasteiger partial charge is 0.383 e. The van der Waals surface area contributed by atoms with Gasteiger partial charge in [-0.2, -0.15) is 0 Å². The van der Waals surface area contributed by atoms with Crippen molar-refractivity contribution in [2.45, 2.75) is 6.92 Å². The zero-order valence-electron chi connectivity index (χ0n) is 13.0. The number of pyridine rings is 1. The lowest BCUT2D eigenvalue weighted by Crippen LogP contribution is -2.23. The topological polar surface area (TPSA) is 83.0 Å². The fraction of sp³-hybridized carbons (Fsp3) is 0.333. The van der Waals surface area contributed by atoms with Crippen molar-refractivity contribution >= 4 is 17.4 Å². The lowest BCUT2D eigenvalue weighted by Gasteiger charge is -2.12. The molecule has 0 aromatic carbocycles. The number of carbonyl (C=O) groups excluding carboxylic acids is 1. The summed E-state index contributed by atoms with van der Waals surface area (Å²) in [4.78, 5) is 25.6. The number of anilines is 2. The van der Waals surface area contributed by atoms with E-state index in [2.05, 4.69) is 25.6 Å². The summed E-state index contributed by atoms with van der Waals surface area (Å²) in [6.07, 6.45) is 6.64. The van der Waals surface area contributed by atoms with Crippen LogP contribution in [-0.2, 0) is 0 Å². The highest BCUT2D eigenvalue weighted by Crippen LogP contribution is 2.10. The standard InChI is InChI=1S/C15H20N6O/c1-11-8-16-5-4-12(11)18-6-7-19-14-10-17-9-13(20-14)15(22)21(2)3/h4-5,8-10H,6-7H2,1-3H3,(H,16,18)(H,19,20). The quantitative estimate of drug-likeness (QED) is 0.785. The van der Waals surface area contributed by atoms with Gasteiger partial charge < -0.3 is 15.5 Å². The van der Waals surface area contributed by atoms with Crippen LogP contribution in [0, 0.1) is 6.92 Å². The Morgan fingerprint density at radius 1 is 1.14 bits per heavy atom. The van der Waals surface area contributed by atoms with E-state index in [0.29, 0.717) is 18.1 Å². The van der Waals surface area contributed by atoms with E-state index in [4.69, 9.17) is 0 Å². The van der Waals surface area contributed by atoms with Crippen molar-refractivity contribution in [1.29, 1.82) is 0 Å². The maximum absolute atomic E-state index is 11.8. The number of aromatic nitrogens is 3. The van der Waals surface area contributed by atoms with Crippen LogP contribution >= 0.6 is 0 Å². The summed E-state index contributed by atoms with van der Waals surface area (Å²) in [7, 11) is 3.37. The van der Waals surface area contributed by atoms with Crippen LogP contribution in [0.3, 0.4) is 0 Å². The molecule has 0 radical (unpaired) electrons. The van der Waals surface area contributed by atoms with Gasteiger partial charge in [-0.1, -0.05) is 0 Å². The normalized spacial score (nSPS) is 10.1. The number of carbonyl (C=O) groups is 1. The van der Waals surface area contributed by atoms with Crippen LogP contribution in [0.4, 0.5) is 11.5 Å². The highest BCUT2D eigenvalue weighted by Gasteiger charge is 2.10. The highest BCUT2D eigenvalue weighted by atomic mass is 16.2. The van der Waals surface area contributed by atoms with Crippen molar-refractivity contribution < 1.29 is 4.79 Å². The molecule has 0 unspecified atom stereocenters. The number of nitrogens with zero attached hydrogens (tertiary/aromatic N) is 4. The van der Waals surface area contributed by atoms with E-state index in [1.807, 2.05) is 19.2 Å². The van der Waals surface area contributed by atoms with E-state index >= 15 is 0 Å². The first-order chi connectivity index (χ1) is 10.6. The number of hydrogen-bond acceptors (Lipinski definition) is 6. The lowest BCUT2D eigenvalue weighted by molar-refractivity contribution is 0.0821. The van der Waals surface area contributed by atoms with Crippen LogP contribution in [0.25, 0.3) is 0 Å². The number of aryl methyl sites for hydroxylation is 1. The number of nitrogens with one attached hydrogen (secondary N) is 2. The molecule has 1 amide bonds. The smallest absolute Gasteiger partial charge is 0.273 e. The number of rotatable bonds is 6. The summed E-state index contributed by atoms with van der Waals surface area (Å²) in [6.45, 7) is 3.39. The van der Waals surface area contributed by atoms with Gasteiger partial charge in [0.15, 0.2) is 0 Å². The molecule has 0 spiro atoms. The Bertz CT molecular complexity index is 643. The third-order valence-electron chi connectivity index (χ3n) is 3.03. The molecular weight excluding hydrogens is 280 g/mol. The Hall–Kier alpha value is -2.70. The Morgan fingerprint density at radius 3 is 2.64 bits per heavy atom. The lowest BCUT2D eigenvalue weighted by atomic mass is 10.2. The van der Waals surface area contributed by atoms with Crippen molar-refractivity contribution in [3.63, 3.8) is 0 Å². The van der Waals surface area contributed by atoms with Gasteiger partial charge in [0, 0.05) is 45.3 Å². The maximum atomic E-state index is 11.8. The molecule has 0 bridgehead atoms. The van der Waals surface area contributed by atoms with Gasteiger partial charge in [0.1, 0.15) is 11.5 Å². The van der Waals surface area contributed by atoms with Crippen LogP contribution in [0.15, 0.2) is 30.9 Å². The first-order valence-corrected chi connectivity index (χ1v) is 7.00. The van der Waals surface area contributed by atoms with E-state index in [1.165, 1.54) is 11.1 Å². The molecule has 0 atom stereocenters. The highest BCUT2D eigenvalue weighted by molar-refractivity contribution is 5.91. The molecule has 2 aromatic rings. The second kappa shape index (κ2) is 7.35. The molecule has 2 aromatic heterocycles. The Morgan fingerprint density at radius 2 is 1.91 bits per heavy atom. The second-order valence-corrected chi connectivity index (χ2v) is 5.03. The van der Waals surface area contributed by atoms with Crippen molar-refractivity contribution in [3.8, 4) is 0 Å². The Labute approximate surface area is 129 Å². The summed E-state index contributed by atoms with van der Waals surface area (Å²) in [5.41, 5.74) is 2.48. The predicted octanol–water partition coefficient (Wildman–Crippen LogP) is 1.41. The fourth-order valence-corrected chi connectivity index (χ4v) is 1.84. The van der Waals surface area contributed by atoms with Gasteiger partial charge in [-0.15, -0.1) is 0 Å². The fourth-order valence-electron chi connectivity index (χ4n) is 1.84.